The number of benzene rings is 2. The third kappa shape index (κ3) is 7.40. The van der Waals surface area contributed by atoms with Gasteiger partial charge in [-0.15, -0.1) is 0 Å². The largest absolute Gasteiger partial charge is 0.493 e. The normalized spacial score (nSPS) is 12.5. The molecular weight excluding hydrogens is 400 g/mol. The number of hydrogen-bond acceptors (Lipinski definition) is 6. The van der Waals surface area contributed by atoms with E-state index in [0.29, 0.717) is 29.4 Å². The molecule has 2 aromatic rings. The number of carbonyl (C=O) groups is 2. The van der Waals surface area contributed by atoms with Gasteiger partial charge in [-0.2, -0.15) is 0 Å². The molecule has 0 saturated carbocycles. The lowest BCUT2D eigenvalue weighted by Gasteiger charge is -2.18. The molecule has 0 aliphatic rings. The van der Waals surface area contributed by atoms with E-state index < -0.39 is 22.8 Å². The summed E-state index contributed by atoms with van der Waals surface area (Å²) >= 11 is 0. The van der Waals surface area contributed by atoms with Crippen molar-refractivity contribution in [3.8, 4) is 5.75 Å². The summed E-state index contributed by atoms with van der Waals surface area (Å²) in [6.45, 7) is 4.86. The standard InChI is InChI=1S/C23H28N2O6/c1-4-6-16(2)15-31-20-11-9-18(10-12-20)22(23(27)30-3)24-21(26)14-17-7-5-8-19(13-17)25(28)29/h5,7-13,16,22H,4,6,14-15H2,1-3H3,(H,24,26)/t16?,22-/m1/s1. The molecule has 8 heteroatoms. The van der Waals surface area contributed by atoms with Crippen molar-refractivity contribution in [2.24, 2.45) is 5.92 Å². The molecule has 1 N–H and O–H groups in total. The van der Waals surface area contributed by atoms with E-state index in [2.05, 4.69) is 19.2 Å². The minimum atomic E-state index is -0.996. The van der Waals surface area contributed by atoms with Crippen LogP contribution in [0.15, 0.2) is 48.5 Å². The number of non-ortho nitro benzene ring substituents is 1. The number of nitro benzene ring substituents is 1. The van der Waals surface area contributed by atoms with Gasteiger partial charge < -0.3 is 14.8 Å². The van der Waals surface area contributed by atoms with Gasteiger partial charge in [0.15, 0.2) is 6.04 Å². The Kier molecular flexibility index (Phi) is 8.99. The Labute approximate surface area is 181 Å². The van der Waals surface area contributed by atoms with Crippen LogP contribution >= 0.6 is 0 Å². The van der Waals surface area contributed by atoms with Gasteiger partial charge in [0.1, 0.15) is 5.75 Å². The molecule has 0 bridgehead atoms. The molecular formula is C23H28N2O6. The predicted molar refractivity (Wildman–Crippen MR) is 116 cm³/mol. The fourth-order valence-corrected chi connectivity index (χ4v) is 3.14. The molecule has 0 aromatic heterocycles. The molecule has 2 rings (SSSR count). The summed E-state index contributed by atoms with van der Waals surface area (Å²) in [5, 5.41) is 13.6. The van der Waals surface area contributed by atoms with Crippen molar-refractivity contribution >= 4 is 17.6 Å². The topological polar surface area (TPSA) is 108 Å². The van der Waals surface area contributed by atoms with E-state index in [4.69, 9.17) is 9.47 Å². The van der Waals surface area contributed by atoms with Crippen LogP contribution in [0.1, 0.15) is 43.9 Å². The minimum absolute atomic E-state index is 0.0985. The first-order valence-electron chi connectivity index (χ1n) is 10.2. The Morgan fingerprint density at radius 2 is 1.87 bits per heavy atom. The molecule has 0 fully saturated rings. The van der Waals surface area contributed by atoms with E-state index in [0.717, 1.165) is 12.8 Å². The molecule has 31 heavy (non-hydrogen) atoms. The highest BCUT2D eigenvalue weighted by Crippen LogP contribution is 2.21. The second kappa shape index (κ2) is 11.7. The number of carbonyl (C=O) groups excluding carboxylic acids is 2. The highest BCUT2D eigenvalue weighted by Gasteiger charge is 2.24. The molecule has 0 aliphatic carbocycles. The van der Waals surface area contributed by atoms with Gasteiger partial charge in [-0.05, 0) is 35.6 Å². The molecule has 2 aromatic carbocycles. The molecule has 166 valence electrons. The highest BCUT2D eigenvalue weighted by molar-refractivity contribution is 5.86. The quantitative estimate of drug-likeness (QED) is 0.329. The summed E-state index contributed by atoms with van der Waals surface area (Å²) in [4.78, 5) is 35.1. The van der Waals surface area contributed by atoms with Crippen LogP contribution in [-0.4, -0.2) is 30.5 Å². The zero-order valence-electron chi connectivity index (χ0n) is 18.0. The van der Waals surface area contributed by atoms with Crippen molar-refractivity contribution in [2.75, 3.05) is 13.7 Å². The third-order valence-corrected chi connectivity index (χ3v) is 4.76. The van der Waals surface area contributed by atoms with Gasteiger partial charge >= 0.3 is 5.97 Å². The van der Waals surface area contributed by atoms with Gasteiger partial charge in [0, 0.05) is 12.1 Å². The van der Waals surface area contributed by atoms with Crippen LogP contribution in [0.3, 0.4) is 0 Å². The SMILES string of the molecule is CCCC(C)COc1ccc([C@@H](NC(=O)Cc2cccc([N+](=O)[O-])c2)C(=O)OC)cc1. The molecule has 2 atom stereocenters. The van der Waals surface area contributed by atoms with Crippen LogP contribution < -0.4 is 10.1 Å². The van der Waals surface area contributed by atoms with Crippen LogP contribution in [0, 0.1) is 16.0 Å². The summed E-state index contributed by atoms with van der Waals surface area (Å²) < 4.78 is 10.6. The molecule has 8 nitrogen and oxygen atoms in total. The van der Waals surface area contributed by atoms with Gasteiger partial charge in [-0.1, -0.05) is 44.5 Å². The number of amides is 1. The minimum Gasteiger partial charge on any atom is -0.493 e. The summed E-state index contributed by atoms with van der Waals surface area (Å²) in [6.07, 6.45) is 2.07. The number of methoxy groups -OCH3 is 1. The summed E-state index contributed by atoms with van der Waals surface area (Å²) in [7, 11) is 1.24. The predicted octanol–water partition coefficient (Wildman–Crippen LogP) is 3.98. The molecule has 1 amide bonds. The van der Waals surface area contributed by atoms with Crippen molar-refractivity contribution in [1.82, 2.24) is 5.32 Å². The van der Waals surface area contributed by atoms with E-state index >= 15 is 0 Å². The summed E-state index contributed by atoms with van der Waals surface area (Å²) in [5.74, 6) is 0.0566. The lowest BCUT2D eigenvalue weighted by Crippen LogP contribution is -2.35. The molecule has 1 unspecified atom stereocenters. The average Bonchev–Trinajstić information content (AvgIpc) is 2.76. The van der Waals surface area contributed by atoms with E-state index in [9.17, 15) is 19.7 Å². The van der Waals surface area contributed by atoms with Gasteiger partial charge in [0.25, 0.3) is 5.69 Å². The van der Waals surface area contributed by atoms with Crippen molar-refractivity contribution < 1.29 is 24.0 Å². The monoisotopic (exact) mass is 428 g/mol. The number of ether oxygens (including phenoxy) is 2. The van der Waals surface area contributed by atoms with E-state index in [-0.39, 0.29) is 12.1 Å². The number of nitro groups is 1. The Balaban J connectivity index is 2.06. The zero-order valence-corrected chi connectivity index (χ0v) is 18.0. The first-order chi connectivity index (χ1) is 14.8. The molecule has 0 heterocycles. The van der Waals surface area contributed by atoms with Crippen LogP contribution in [0.4, 0.5) is 5.69 Å². The van der Waals surface area contributed by atoms with E-state index in [1.807, 2.05) is 0 Å². The van der Waals surface area contributed by atoms with Gasteiger partial charge in [-0.25, -0.2) is 4.79 Å². The number of nitrogens with zero attached hydrogens (tertiary/aromatic N) is 1. The maximum atomic E-state index is 12.5. The van der Waals surface area contributed by atoms with Crippen LogP contribution in [0.25, 0.3) is 0 Å². The van der Waals surface area contributed by atoms with Crippen molar-refractivity contribution in [1.29, 1.82) is 0 Å². The Morgan fingerprint density at radius 3 is 2.48 bits per heavy atom. The molecule has 0 radical (unpaired) electrons. The third-order valence-electron chi connectivity index (χ3n) is 4.76. The molecule has 0 aliphatic heterocycles. The first kappa shape index (κ1) is 23.9. The fraction of sp³-hybridized carbons (Fsp3) is 0.391. The zero-order chi connectivity index (χ0) is 22.8. The second-order valence-electron chi connectivity index (χ2n) is 7.40. The van der Waals surface area contributed by atoms with Gasteiger partial charge in [-0.3, -0.25) is 14.9 Å². The smallest absolute Gasteiger partial charge is 0.333 e. The van der Waals surface area contributed by atoms with Gasteiger partial charge in [0.05, 0.1) is 25.1 Å². The van der Waals surface area contributed by atoms with Gasteiger partial charge in [0.2, 0.25) is 5.91 Å². The van der Waals surface area contributed by atoms with Crippen molar-refractivity contribution in [2.45, 2.75) is 39.2 Å². The Hall–Kier alpha value is -3.42. The van der Waals surface area contributed by atoms with Crippen LogP contribution in [0.2, 0.25) is 0 Å². The number of nitrogens with one attached hydrogen (secondary N) is 1. The Bertz CT molecular complexity index is 897. The van der Waals surface area contributed by atoms with Crippen LogP contribution in [0.5, 0.6) is 5.75 Å². The van der Waals surface area contributed by atoms with Crippen molar-refractivity contribution in [3.05, 3.63) is 69.8 Å². The summed E-state index contributed by atoms with van der Waals surface area (Å²) in [5.41, 5.74) is 0.923. The highest BCUT2D eigenvalue weighted by atomic mass is 16.6. The number of rotatable bonds is 11. The lowest BCUT2D eigenvalue weighted by atomic mass is 10.1. The molecule has 0 spiro atoms. The van der Waals surface area contributed by atoms with E-state index in [1.54, 1.807) is 30.3 Å². The Morgan fingerprint density at radius 1 is 1.16 bits per heavy atom. The average molecular weight is 428 g/mol. The first-order valence-corrected chi connectivity index (χ1v) is 10.2. The number of esters is 1. The fourth-order valence-electron chi connectivity index (χ4n) is 3.14. The lowest BCUT2D eigenvalue weighted by molar-refractivity contribution is -0.384. The molecule has 0 saturated heterocycles. The summed E-state index contributed by atoms with van der Waals surface area (Å²) in [6, 6.07) is 11.7. The second-order valence-corrected chi connectivity index (χ2v) is 7.40. The van der Waals surface area contributed by atoms with E-state index in [1.165, 1.54) is 25.3 Å². The number of hydrogen-bond donors (Lipinski definition) is 1. The maximum Gasteiger partial charge on any atom is 0.333 e. The maximum absolute atomic E-state index is 12.5. The van der Waals surface area contributed by atoms with Crippen molar-refractivity contribution in [3.63, 3.8) is 0 Å². The van der Waals surface area contributed by atoms with Crippen LogP contribution in [-0.2, 0) is 20.7 Å².